The molecule has 0 atom stereocenters. The van der Waals surface area contributed by atoms with Gasteiger partial charge in [0, 0.05) is 17.8 Å². The molecule has 0 bridgehead atoms. The maximum atomic E-state index is 13.3. The summed E-state index contributed by atoms with van der Waals surface area (Å²) in [5.74, 6) is -1.33. The molecule has 0 saturated heterocycles. The Kier molecular flexibility index (Phi) is 2.11. The number of halogens is 3. The van der Waals surface area contributed by atoms with Crippen LogP contribution in [0.2, 0.25) is 5.02 Å². The lowest BCUT2D eigenvalue weighted by atomic mass is 10.2. The number of nitrogens with zero attached hydrogens (tertiary/aromatic N) is 1. The zero-order valence-electron chi connectivity index (χ0n) is 7.31. The molecule has 2 rings (SSSR count). The maximum absolute atomic E-state index is 13.3. The highest BCUT2D eigenvalue weighted by molar-refractivity contribution is 6.35. The van der Waals surface area contributed by atoms with E-state index in [1.807, 2.05) is 0 Å². The Morgan fingerprint density at radius 3 is 2.64 bits per heavy atom. The summed E-state index contributed by atoms with van der Waals surface area (Å²) in [5.41, 5.74) is 0.875. The lowest BCUT2D eigenvalue weighted by Gasteiger charge is -2.03. The summed E-state index contributed by atoms with van der Waals surface area (Å²) < 4.78 is 26.1. The van der Waals surface area contributed by atoms with Gasteiger partial charge in [0.15, 0.2) is 0 Å². The van der Waals surface area contributed by atoms with E-state index in [0.29, 0.717) is 5.69 Å². The molecule has 1 heterocycles. The zero-order valence-corrected chi connectivity index (χ0v) is 8.07. The Morgan fingerprint density at radius 1 is 1.21 bits per heavy atom. The molecule has 0 amide bonds. The lowest BCUT2D eigenvalue weighted by Crippen LogP contribution is -1.90. The first-order valence-corrected chi connectivity index (χ1v) is 4.37. The van der Waals surface area contributed by atoms with E-state index in [2.05, 4.69) is 4.98 Å². The van der Waals surface area contributed by atoms with E-state index >= 15 is 0 Å². The molecule has 0 aliphatic rings. The highest BCUT2D eigenvalue weighted by Gasteiger charge is 2.09. The van der Waals surface area contributed by atoms with Crippen LogP contribution in [0.3, 0.4) is 0 Å². The number of pyridine rings is 1. The molecule has 2 aromatic rings. The van der Waals surface area contributed by atoms with Crippen LogP contribution in [0.25, 0.3) is 10.9 Å². The number of rotatable bonds is 0. The summed E-state index contributed by atoms with van der Waals surface area (Å²) >= 11 is 5.82. The second-order valence-corrected chi connectivity index (χ2v) is 3.43. The molecule has 1 nitrogen and oxygen atoms in total. The molecule has 0 radical (unpaired) electrons. The molecule has 0 N–H and O–H groups in total. The standard InChI is InChI=1S/C10H6ClF2N/c1-5-2-7(11)10-8(13)3-6(12)4-9(10)14-5/h2-4H,1H3. The summed E-state index contributed by atoms with van der Waals surface area (Å²) in [6.45, 7) is 1.72. The van der Waals surface area contributed by atoms with Gasteiger partial charge in [0.05, 0.1) is 15.9 Å². The summed E-state index contributed by atoms with van der Waals surface area (Å²) in [6, 6.07) is 3.51. The highest BCUT2D eigenvalue weighted by Crippen LogP contribution is 2.26. The average Bonchev–Trinajstić information content (AvgIpc) is 1.99. The van der Waals surface area contributed by atoms with E-state index in [4.69, 9.17) is 11.6 Å². The quantitative estimate of drug-likeness (QED) is 0.653. The molecule has 1 aromatic heterocycles. The van der Waals surface area contributed by atoms with Crippen molar-refractivity contribution in [2.75, 3.05) is 0 Å². The fraction of sp³-hybridized carbons (Fsp3) is 0.100. The van der Waals surface area contributed by atoms with Crippen LogP contribution in [-0.2, 0) is 0 Å². The minimum Gasteiger partial charge on any atom is -0.253 e. The number of aromatic nitrogens is 1. The summed E-state index contributed by atoms with van der Waals surface area (Å²) in [6.07, 6.45) is 0. The monoisotopic (exact) mass is 213 g/mol. The van der Waals surface area contributed by atoms with Gasteiger partial charge in [0.1, 0.15) is 11.6 Å². The SMILES string of the molecule is Cc1cc(Cl)c2c(F)cc(F)cc2n1. The van der Waals surface area contributed by atoms with Crippen LogP contribution in [0.4, 0.5) is 8.78 Å². The van der Waals surface area contributed by atoms with Gasteiger partial charge in [-0.05, 0) is 13.0 Å². The van der Waals surface area contributed by atoms with Crippen molar-refractivity contribution in [3.63, 3.8) is 0 Å². The molecule has 1 aromatic carbocycles. The molecule has 0 aliphatic carbocycles. The van der Waals surface area contributed by atoms with Crippen molar-refractivity contribution >= 4 is 22.5 Å². The van der Waals surface area contributed by atoms with E-state index in [9.17, 15) is 8.78 Å². The number of aryl methyl sites for hydroxylation is 1. The average molecular weight is 214 g/mol. The second kappa shape index (κ2) is 3.17. The van der Waals surface area contributed by atoms with Crippen molar-refractivity contribution in [2.24, 2.45) is 0 Å². The van der Waals surface area contributed by atoms with Crippen molar-refractivity contribution in [3.8, 4) is 0 Å². The van der Waals surface area contributed by atoms with Gasteiger partial charge in [-0.2, -0.15) is 0 Å². The maximum Gasteiger partial charge on any atom is 0.137 e. The van der Waals surface area contributed by atoms with Crippen molar-refractivity contribution in [2.45, 2.75) is 6.92 Å². The molecular weight excluding hydrogens is 208 g/mol. The molecule has 4 heteroatoms. The van der Waals surface area contributed by atoms with Gasteiger partial charge in [-0.15, -0.1) is 0 Å². The third-order valence-corrected chi connectivity index (χ3v) is 2.20. The van der Waals surface area contributed by atoms with Crippen LogP contribution in [0, 0.1) is 18.6 Å². The minimum atomic E-state index is -0.683. The van der Waals surface area contributed by atoms with Gasteiger partial charge in [-0.1, -0.05) is 11.6 Å². The topological polar surface area (TPSA) is 12.9 Å². The minimum absolute atomic E-state index is 0.165. The Hall–Kier alpha value is -1.22. The zero-order chi connectivity index (χ0) is 10.3. The predicted molar refractivity (Wildman–Crippen MR) is 51.4 cm³/mol. The molecule has 72 valence electrons. The van der Waals surface area contributed by atoms with Gasteiger partial charge in [0.25, 0.3) is 0 Å². The fourth-order valence-electron chi connectivity index (χ4n) is 1.36. The number of benzene rings is 1. The Bertz CT molecular complexity index is 468. The summed E-state index contributed by atoms with van der Waals surface area (Å²) in [7, 11) is 0. The van der Waals surface area contributed by atoms with Gasteiger partial charge >= 0.3 is 0 Å². The van der Waals surface area contributed by atoms with Crippen molar-refractivity contribution < 1.29 is 8.78 Å². The van der Waals surface area contributed by atoms with Crippen molar-refractivity contribution in [3.05, 3.63) is 40.6 Å². The van der Waals surface area contributed by atoms with Crippen LogP contribution in [0.1, 0.15) is 5.69 Å². The first-order chi connectivity index (χ1) is 6.58. The molecule has 0 fully saturated rings. The predicted octanol–water partition coefficient (Wildman–Crippen LogP) is 3.47. The largest absolute Gasteiger partial charge is 0.253 e. The smallest absolute Gasteiger partial charge is 0.137 e. The Balaban J connectivity index is 2.94. The van der Waals surface area contributed by atoms with Crippen molar-refractivity contribution in [1.29, 1.82) is 0 Å². The van der Waals surface area contributed by atoms with E-state index in [0.717, 1.165) is 12.1 Å². The summed E-state index contributed by atoms with van der Waals surface area (Å²) in [5, 5.41) is 0.420. The number of hydrogen-bond acceptors (Lipinski definition) is 1. The normalized spacial score (nSPS) is 10.9. The van der Waals surface area contributed by atoms with Crippen LogP contribution < -0.4 is 0 Å². The summed E-state index contributed by atoms with van der Waals surface area (Å²) in [4.78, 5) is 3.99. The van der Waals surface area contributed by atoms with Gasteiger partial charge in [-0.25, -0.2) is 8.78 Å². The van der Waals surface area contributed by atoms with Crippen LogP contribution in [0.5, 0.6) is 0 Å². The molecule has 14 heavy (non-hydrogen) atoms. The number of fused-ring (bicyclic) bond motifs is 1. The molecule has 0 unspecified atom stereocenters. The fourth-order valence-corrected chi connectivity index (χ4v) is 1.71. The van der Waals surface area contributed by atoms with E-state index in [-0.39, 0.29) is 15.9 Å². The third kappa shape index (κ3) is 1.44. The Labute approximate surface area is 84.3 Å². The first kappa shape index (κ1) is 9.34. The van der Waals surface area contributed by atoms with Gasteiger partial charge in [-0.3, -0.25) is 4.98 Å². The van der Waals surface area contributed by atoms with Gasteiger partial charge < -0.3 is 0 Å². The van der Waals surface area contributed by atoms with E-state index in [1.165, 1.54) is 0 Å². The molecular formula is C10H6ClF2N. The van der Waals surface area contributed by atoms with E-state index in [1.54, 1.807) is 13.0 Å². The third-order valence-electron chi connectivity index (χ3n) is 1.91. The van der Waals surface area contributed by atoms with Crippen LogP contribution >= 0.6 is 11.6 Å². The van der Waals surface area contributed by atoms with E-state index < -0.39 is 11.6 Å². The molecule has 0 aliphatic heterocycles. The van der Waals surface area contributed by atoms with Crippen LogP contribution in [-0.4, -0.2) is 4.98 Å². The lowest BCUT2D eigenvalue weighted by molar-refractivity contribution is 0.591. The van der Waals surface area contributed by atoms with Crippen LogP contribution in [0.15, 0.2) is 18.2 Å². The first-order valence-electron chi connectivity index (χ1n) is 4.00. The highest BCUT2D eigenvalue weighted by atomic mass is 35.5. The van der Waals surface area contributed by atoms with Gasteiger partial charge in [0.2, 0.25) is 0 Å². The second-order valence-electron chi connectivity index (χ2n) is 3.03. The number of hydrogen-bond donors (Lipinski definition) is 0. The Morgan fingerprint density at radius 2 is 1.93 bits per heavy atom. The van der Waals surface area contributed by atoms with Crippen molar-refractivity contribution in [1.82, 2.24) is 4.98 Å². The molecule has 0 spiro atoms. The molecule has 0 saturated carbocycles.